The molecule has 0 aliphatic carbocycles. The van der Waals surface area contributed by atoms with Crippen molar-refractivity contribution >= 4 is 28.5 Å². The molecule has 0 atom stereocenters. The number of ether oxygens (including phenoxy) is 1. The first-order valence-corrected chi connectivity index (χ1v) is 7.59. The Morgan fingerprint density at radius 3 is 2.68 bits per heavy atom. The molecule has 0 saturated heterocycles. The molecule has 0 aliphatic rings. The van der Waals surface area contributed by atoms with Crippen LogP contribution in [0.5, 0.6) is 0 Å². The Kier molecular flexibility index (Phi) is 4.67. The summed E-state index contributed by atoms with van der Waals surface area (Å²) in [6.07, 6.45) is -2.66. The number of benzene rings is 2. The second kappa shape index (κ2) is 6.76. The van der Waals surface area contributed by atoms with E-state index in [1.54, 1.807) is 0 Å². The van der Waals surface area contributed by atoms with Crippen LogP contribution in [0.25, 0.3) is 10.9 Å². The van der Waals surface area contributed by atoms with E-state index in [-0.39, 0.29) is 22.8 Å². The van der Waals surface area contributed by atoms with Crippen molar-refractivity contribution in [3.63, 3.8) is 0 Å². The van der Waals surface area contributed by atoms with Gasteiger partial charge in [0.2, 0.25) is 0 Å². The fourth-order valence-corrected chi connectivity index (χ4v) is 2.73. The first-order chi connectivity index (χ1) is 11.9. The minimum Gasteiger partial charge on any atom is -0.464 e. The molecule has 0 fully saturated rings. The summed E-state index contributed by atoms with van der Waals surface area (Å²) in [6, 6.07) is 7.75. The average Bonchev–Trinajstić information content (AvgIpc) is 2.94. The first-order valence-electron chi connectivity index (χ1n) is 7.21. The highest BCUT2D eigenvalue weighted by Crippen LogP contribution is 2.27. The van der Waals surface area contributed by atoms with Gasteiger partial charge in [-0.15, -0.1) is 0 Å². The largest absolute Gasteiger partial charge is 0.464 e. The zero-order valence-corrected chi connectivity index (χ0v) is 13.7. The van der Waals surface area contributed by atoms with E-state index in [4.69, 9.17) is 11.6 Å². The van der Waals surface area contributed by atoms with E-state index >= 15 is 0 Å². The van der Waals surface area contributed by atoms with Crippen LogP contribution in [0.4, 0.5) is 13.2 Å². The van der Waals surface area contributed by atoms with E-state index in [0.29, 0.717) is 16.5 Å². The van der Waals surface area contributed by atoms with Crippen LogP contribution in [0.15, 0.2) is 36.4 Å². The van der Waals surface area contributed by atoms with Crippen molar-refractivity contribution in [1.29, 1.82) is 0 Å². The van der Waals surface area contributed by atoms with Gasteiger partial charge in [-0.05, 0) is 29.8 Å². The number of nitrogens with zero attached hydrogens (tertiary/aromatic N) is 2. The number of fused-ring (bicyclic) bond motifs is 1. The van der Waals surface area contributed by atoms with Gasteiger partial charge in [0.1, 0.15) is 5.82 Å². The van der Waals surface area contributed by atoms with Gasteiger partial charge in [0.25, 0.3) is 6.43 Å². The maximum atomic E-state index is 13.2. The molecule has 8 heteroatoms. The van der Waals surface area contributed by atoms with Crippen molar-refractivity contribution in [3.05, 3.63) is 64.1 Å². The highest BCUT2D eigenvalue weighted by Gasteiger charge is 2.20. The SMILES string of the molecule is COC(=O)c1nn(Cc2ccc(F)cc2Cl)c2cc(C(F)F)ccc12. The molecular weight excluding hydrogens is 357 g/mol. The van der Waals surface area contributed by atoms with Gasteiger partial charge in [-0.25, -0.2) is 18.0 Å². The fraction of sp³-hybridized carbons (Fsp3) is 0.176. The Morgan fingerprint density at radius 2 is 2.04 bits per heavy atom. The Morgan fingerprint density at radius 1 is 1.28 bits per heavy atom. The minimum absolute atomic E-state index is 0.0107. The number of carbonyl (C=O) groups is 1. The summed E-state index contributed by atoms with van der Waals surface area (Å²) in [5.41, 5.74) is 0.678. The van der Waals surface area contributed by atoms with Crippen LogP contribution in [0.3, 0.4) is 0 Å². The minimum atomic E-state index is -2.66. The number of hydrogen-bond acceptors (Lipinski definition) is 3. The molecule has 0 N–H and O–H groups in total. The number of esters is 1. The van der Waals surface area contributed by atoms with E-state index in [1.807, 2.05) is 0 Å². The molecule has 0 saturated carbocycles. The lowest BCUT2D eigenvalue weighted by Crippen LogP contribution is -2.06. The average molecular weight is 369 g/mol. The van der Waals surface area contributed by atoms with Crippen LogP contribution in [-0.2, 0) is 11.3 Å². The molecule has 0 amide bonds. The molecule has 0 unspecified atom stereocenters. The van der Waals surface area contributed by atoms with Gasteiger partial charge in [0, 0.05) is 16.0 Å². The fourth-order valence-electron chi connectivity index (χ4n) is 2.51. The lowest BCUT2D eigenvalue weighted by Gasteiger charge is -2.07. The lowest BCUT2D eigenvalue weighted by atomic mass is 10.1. The Hall–Kier alpha value is -2.54. The summed E-state index contributed by atoms with van der Waals surface area (Å²) in [6.45, 7) is 0.0826. The second-order valence-corrected chi connectivity index (χ2v) is 5.72. The number of carbonyl (C=O) groups excluding carboxylic acids is 1. The number of aromatic nitrogens is 2. The molecule has 1 aromatic heterocycles. The monoisotopic (exact) mass is 368 g/mol. The van der Waals surface area contributed by atoms with Crippen molar-refractivity contribution < 1.29 is 22.7 Å². The first kappa shape index (κ1) is 17.3. The summed E-state index contributed by atoms with van der Waals surface area (Å²) < 4.78 is 45.3. The molecule has 130 valence electrons. The normalized spacial score (nSPS) is 11.3. The van der Waals surface area contributed by atoms with Crippen LogP contribution >= 0.6 is 11.6 Å². The predicted octanol–water partition coefficient (Wildman–Crippen LogP) is 4.60. The number of hydrogen-bond donors (Lipinski definition) is 0. The van der Waals surface area contributed by atoms with Gasteiger partial charge in [0.15, 0.2) is 5.69 Å². The van der Waals surface area contributed by atoms with E-state index < -0.39 is 18.2 Å². The van der Waals surface area contributed by atoms with Crippen LogP contribution in [0.2, 0.25) is 5.02 Å². The van der Waals surface area contributed by atoms with Gasteiger partial charge < -0.3 is 4.74 Å². The molecule has 0 bridgehead atoms. The van der Waals surface area contributed by atoms with Gasteiger partial charge in [-0.1, -0.05) is 23.7 Å². The Bertz CT molecular complexity index is 956. The van der Waals surface area contributed by atoms with Crippen molar-refractivity contribution in [2.75, 3.05) is 7.11 Å². The topological polar surface area (TPSA) is 44.1 Å². The molecule has 0 radical (unpaired) electrons. The highest BCUT2D eigenvalue weighted by molar-refractivity contribution is 6.31. The lowest BCUT2D eigenvalue weighted by molar-refractivity contribution is 0.0595. The summed E-state index contributed by atoms with van der Waals surface area (Å²) >= 11 is 6.02. The zero-order valence-electron chi connectivity index (χ0n) is 13.0. The molecule has 3 aromatic rings. The van der Waals surface area contributed by atoms with Crippen molar-refractivity contribution in [2.24, 2.45) is 0 Å². The van der Waals surface area contributed by atoms with Crippen molar-refractivity contribution in [2.45, 2.75) is 13.0 Å². The smallest absolute Gasteiger partial charge is 0.359 e. The standard InChI is InChI=1S/C17H12ClF3N2O2/c1-25-17(24)15-12-5-3-9(16(20)21)6-14(12)23(22-15)8-10-2-4-11(19)7-13(10)18/h2-7,16H,8H2,1H3. The molecule has 2 aromatic carbocycles. The van der Waals surface area contributed by atoms with Gasteiger partial charge in [0.05, 0.1) is 19.2 Å². The summed E-state index contributed by atoms with van der Waals surface area (Å²) in [7, 11) is 1.21. The van der Waals surface area contributed by atoms with E-state index in [2.05, 4.69) is 9.84 Å². The second-order valence-electron chi connectivity index (χ2n) is 5.31. The predicted molar refractivity (Wildman–Crippen MR) is 86.5 cm³/mol. The number of alkyl halides is 2. The van der Waals surface area contributed by atoms with Crippen molar-refractivity contribution in [3.8, 4) is 0 Å². The van der Waals surface area contributed by atoms with E-state index in [9.17, 15) is 18.0 Å². The third-order valence-electron chi connectivity index (χ3n) is 3.74. The Balaban J connectivity index is 2.15. The molecular formula is C17H12ClF3N2O2. The van der Waals surface area contributed by atoms with Gasteiger partial charge >= 0.3 is 5.97 Å². The number of halogens is 4. The van der Waals surface area contributed by atoms with Crippen LogP contribution in [-0.4, -0.2) is 22.9 Å². The Labute approximate surface area is 145 Å². The molecule has 0 aliphatic heterocycles. The quantitative estimate of drug-likeness (QED) is 0.632. The molecule has 0 spiro atoms. The van der Waals surface area contributed by atoms with Crippen LogP contribution < -0.4 is 0 Å². The summed E-state index contributed by atoms with van der Waals surface area (Å²) in [4.78, 5) is 11.9. The maximum absolute atomic E-state index is 13.2. The number of methoxy groups -OCH3 is 1. The molecule has 3 rings (SSSR count). The van der Waals surface area contributed by atoms with E-state index in [0.717, 1.165) is 6.07 Å². The van der Waals surface area contributed by atoms with Gasteiger partial charge in [-0.3, -0.25) is 4.68 Å². The molecule has 4 nitrogen and oxygen atoms in total. The summed E-state index contributed by atoms with van der Waals surface area (Å²) in [5.74, 6) is -1.17. The third-order valence-corrected chi connectivity index (χ3v) is 4.09. The third kappa shape index (κ3) is 3.32. The molecule has 25 heavy (non-hydrogen) atoms. The molecule has 1 heterocycles. The van der Waals surface area contributed by atoms with E-state index in [1.165, 1.54) is 42.1 Å². The zero-order chi connectivity index (χ0) is 18.1. The van der Waals surface area contributed by atoms with Crippen LogP contribution in [0.1, 0.15) is 28.0 Å². The maximum Gasteiger partial charge on any atom is 0.359 e. The highest BCUT2D eigenvalue weighted by atomic mass is 35.5. The van der Waals surface area contributed by atoms with Crippen LogP contribution in [0, 0.1) is 5.82 Å². The summed E-state index contributed by atoms with van der Waals surface area (Å²) in [5, 5.41) is 4.72. The van der Waals surface area contributed by atoms with Crippen molar-refractivity contribution in [1.82, 2.24) is 9.78 Å². The number of rotatable bonds is 4. The van der Waals surface area contributed by atoms with Gasteiger partial charge in [-0.2, -0.15) is 5.10 Å².